The number of morpholine rings is 1. The van der Waals surface area contributed by atoms with E-state index in [9.17, 15) is 9.59 Å². The first kappa shape index (κ1) is 21.4. The Morgan fingerprint density at radius 1 is 1.28 bits per heavy atom. The van der Waals surface area contributed by atoms with Crippen LogP contribution in [-0.4, -0.2) is 56.1 Å². The average molecular weight is 370 g/mol. The van der Waals surface area contributed by atoms with E-state index in [2.05, 4.69) is 10.6 Å². The van der Waals surface area contributed by atoms with Crippen LogP contribution in [0.3, 0.4) is 0 Å². The Labute approximate surface area is 155 Å². The van der Waals surface area contributed by atoms with Crippen LogP contribution in [0.15, 0.2) is 12.1 Å². The fourth-order valence-electron chi connectivity index (χ4n) is 2.98. The number of anilines is 1. The minimum Gasteiger partial charge on any atom is -0.378 e. The Kier molecular flexibility index (Phi) is 8.35. The monoisotopic (exact) mass is 369 g/mol. The zero-order chi connectivity index (χ0) is 17.7. The summed E-state index contributed by atoms with van der Waals surface area (Å²) in [6, 6.07) is 4.09. The van der Waals surface area contributed by atoms with Gasteiger partial charge in [-0.1, -0.05) is 17.7 Å². The van der Waals surface area contributed by atoms with E-state index in [4.69, 9.17) is 4.74 Å². The van der Waals surface area contributed by atoms with E-state index in [0.29, 0.717) is 19.6 Å². The van der Waals surface area contributed by atoms with Gasteiger partial charge < -0.3 is 20.3 Å². The highest BCUT2D eigenvalue weighted by Crippen LogP contribution is 2.21. The molecule has 1 unspecified atom stereocenters. The topological polar surface area (TPSA) is 70.7 Å². The van der Waals surface area contributed by atoms with Gasteiger partial charge in [0.05, 0.1) is 19.8 Å². The molecule has 1 saturated heterocycles. The highest BCUT2D eigenvalue weighted by Gasteiger charge is 2.20. The van der Waals surface area contributed by atoms with Gasteiger partial charge in [-0.3, -0.25) is 9.59 Å². The summed E-state index contributed by atoms with van der Waals surface area (Å²) in [5.41, 5.74) is 4.04. The number of halogens is 1. The summed E-state index contributed by atoms with van der Waals surface area (Å²) in [4.78, 5) is 26.0. The first-order valence-electron chi connectivity index (χ1n) is 8.29. The second kappa shape index (κ2) is 9.75. The van der Waals surface area contributed by atoms with Crippen molar-refractivity contribution in [3.05, 3.63) is 28.8 Å². The van der Waals surface area contributed by atoms with Crippen molar-refractivity contribution < 1.29 is 14.3 Å². The number of benzene rings is 1. The largest absolute Gasteiger partial charge is 0.378 e. The summed E-state index contributed by atoms with van der Waals surface area (Å²) in [6.45, 7) is 7.98. The number of aryl methyl sites for hydroxylation is 3. The van der Waals surface area contributed by atoms with Crippen molar-refractivity contribution in [2.75, 3.05) is 38.7 Å². The van der Waals surface area contributed by atoms with E-state index >= 15 is 0 Å². The van der Waals surface area contributed by atoms with Crippen LogP contribution in [0.2, 0.25) is 0 Å². The fraction of sp³-hybridized carbons (Fsp3) is 0.556. The number of ether oxygens (including phenoxy) is 1. The molecule has 1 aliphatic rings. The quantitative estimate of drug-likeness (QED) is 0.830. The molecule has 1 aliphatic heterocycles. The normalized spacial score (nSPS) is 16.7. The highest BCUT2D eigenvalue weighted by atomic mass is 35.5. The summed E-state index contributed by atoms with van der Waals surface area (Å²) in [7, 11) is 1.65. The van der Waals surface area contributed by atoms with Gasteiger partial charge >= 0.3 is 0 Å². The molecule has 0 aromatic heterocycles. The maximum atomic E-state index is 12.3. The van der Waals surface area contributed by atoms with Gasteiger partial charge in [0.15, 0.2) is 0 Å². The lowest BCUT2D eigenvalue weighted by Gasteiger charge is -2.25. The third-order valence-corrected chi connectivity index (χ3v) is 4.17. The minimum absolute atomic E-state index is 0. The number of hydrogen-bond donors (Lipinski definition) is 2. The van der Waals surface area contributed by atoms with E-state index in [1.165, 1.54) is 4.90 Å². The van der Waals surface area contributed by atoms with Crippen molar-refractivity contribution in [2.45, 2.75) is 33.2 Å². The van der Waals surface area contributed by atoms with Gasteiger partial charge in [-0.15, -0.1) is 12.4 Å². The smallest absolute Gasteiger partial charge is 0.243 e. The molecule has 0 bridgehead atoms. The van der Waals surface area contributed by atoms with Crippen molar-refractivity contribution in [3.8, 4) is 0 Å². The highest BCUT2D eigenvalue weighted by molar-refractivity contribution is 5.95. The fourth-order valence-corrected chi connectivity index (χ4v) is 2.98. The number of amides is 2. The molecule has 1 aromatic carbocycles. The van der Waals surface area contributed by atoms with Crippen LogP contribution in [0.25, 0.3) is 0 Å². The summed E-state index contributed by atoms with van der Waals surface area (Å²) in [5.74, 6) is -0.251. The molecule has 0 spiro atoms. The van der Waals surface area contributed by atoms with Crippen LogP contribution < -0.4 is 10.6 Å². The molecule has 25 heavy (non-hydrogen) atoms. The van der Waals surface area contributed by atoms with Crippen LogP contribution in [0.5, 0.6) is 0 Å². The molecule has 6 nitrogen and oxygen atoms in total. The number of hydrogen-bond acceptors (Lipinski definition) is 4. The molecular formula is C18H28ClN3O3. The lowest BCUT2D eigenvalue weighted by molar-refractivity contribution is -0.134. The molecule has 1 fully saturated rings. The molecule has 1 heterocycles. The summed E-state index contributed by atoms with van der Waals surface area (Å²) in [6.07, 6.45) is 0.340. The van der Waals surface area contributed by atoms with Gasteiger partial charge in [0, 0.05) is 31.7 Å². The van der Waals surface area contributed by atoms with Crippen molar-refractivity contribution in [3.63, 3.8) is 0 Å². The molecule has 1 atom stereocenters. The van der Waals surface area contributed by atoms with Gasteiger partial charge in [-0.2, -0.15) is 0 Å². The van der Waals surface area contributed by atoms with Crippen LogP contribution >= 0.6 is 12.4 Å². The van der Waals surface area contributed by atoms with Crippen LogP contribution in [0, 0.1) is 20.8 Å². The van der Waals surface area contributed by atoms with Crippen LogP contribution in [0.1, 0.15) is 23.1 Å². The Bertz CT molecular complexity index is 593. The van der Waals surface area contributed by atoms with Crippen LogP contribution in [-0.2, 0) is 14.3 Å². The van der Waals surface area contributed by atoms with Crippen LogP contribution in [0.4, 0.5) is 5.69 Å². The van der Waals surface area contributed by atoms with Gasteiger partial charge in [0.1, 0.15) is 0 Å². The number of rotatable bonds is 5. The van der Waals surface area contributed by atoms with E-state index in [-0.39, 0.29) is 36.8 Å². The van der Waals surface area contributed by atoms with Gasteiger partial charge in [-0.05, 0) is 31.9 Å². The molecule has 0 radical (unpaired) electrons. The number of nitrogens with zero attached hydrogens (tertiary/aromatic N) is 1. The number of likely N-dealkylation sites (N-methyl/N-ethyl adjacent to an activating group) is 1. The van der Waals surface area contributed by atoms with E-state index in [0.717, 1.165) is 28.9 Å². The zero-order valence-electron chi connectivity index (χ0n) is 15.3. The molecule has 1 aromatic rings. The predicted octanol–water partition coefficient (Wildman–Crippen LogP) is 1.81. The molecule has 2 amide bonds. The molecular weight excluding hydrogens is 342 g/mol. The summed E-state index contributed by atoms with van der Waals surface area (Å²) >= 11 is 0. The van der Waals surface area contributed by atoms with Gasteiger partial charge in [-0.25, -0.2) is 0 Å². The van der Waals surface area contributed by atoms with Gasteiger partial charge in [0.2, 0.25) is 11.8 Å². The Balaban J connectivity index is 0.00000312. The van der Waals surface area contributed by atoms with Gasteiger partial charge in [0.25, 0.3) is 0 Å². The standard InChI is InChI=1S/C18H27N3O3.ClH/c1-12-7-13(2)18(14(3)8-12)20-16(22)10-21(4)17(23)9-15-11-24-6-5-19-15;/h7-8,15,19H,5-6,9-11H2,1-4H3,(H,20,22);1H. The second-order valence-electron chi connectivity index (χ2n) is 6.50. The molecule has 7 heteroatoms. The Hall–Kier alpha value is -1.63. The summed E-state index contributed by atoms with van der Waals surface area (Å²) in [5, 5.41) is 6.17. The lowest BCUT2D eigenvalue weighted by Crippen LogP contribution is -2.45. The van der Waals surface area contributed by atoms with Crippen molar-refractivity contribution in [1.82, 2.24) is 10.2 Å². The van der Waals surface area contributed by atoms with E-state index in [1.807, 2.05) is 32.9 Å². The molecule has 0 saturated carbocycles. The summed E-state index contributed by atoms with van der Waals surface area (Å²) < 4.78 is 5.35. The average Bonchev–Trinajstić information content (AvgIpc) is 2.51. The molecule has 2 N–H and O–H groups in total. The van der Waals surface area contributed by atoms with Crippen molar-refractivity contribution >= 4 is 29.9 Å². The first-order valence-corrected chi connectivity index (χ1v) is 8.29. The zero-order valence-corrected chi connectivity index (χ0v) is 16.2. The number of carbonyl (C=O) groups excluding carboxylic acids is 2. The Morgan fingerprint density at radius 2 is 1.92 bits per heavy atom. The maximum absolute atomic E-state index is 12.3. The van der Waals surface area contributed by atoms with E-state index < -0.39 is 0 Å². The van der Waals surface area contributed by atoms with Crippen molar-refractivity contribution in [2.24, 2.45) is 0 Å². The number of carbonyl (C=O) groups is 2. The third-order valence-electron chi connectivity index (χ3n) is 4.17. The number of nitrogens with one attached hydrogen (secondary N) is 2. The predicted molar refractivity (Wildman–Crippen MR) is 101 cm³/mol. The molecule has 2 rings (SSSR count). The second-order valence-corrected chi connectivity index (χ2v) is 6.50. The SMILES string of the molecule is Cc1cc(C)c(NC(=O)CN(C)C(=O)CC2COCCN2)c(C)c1.Cl. The molecule has 140 valence electrons. The third kappa shape index (κ3) is 6.30. The van der Waals surface area contributed by atoms with E-state index in [1.54, 1.807) is 7.05 Å². The maximum Gasteiger partial charge on any atom is 0.243 e. The minimum atomic E-state index is -0.186. The van der Waals surface area contributed by atoms with Crippen molar-refractivity contribution in [1.29, 1.82) is 0 Å². The molecule has 0 aliphatic carbocycles. The lowest BCUT2D eigenvalue weighted by atomic mass is 10.1. The Morgan fingerprint density at radius 3 is 2.48 bits per heavy atom. The first-order chi connectivity index (χ1) is 11.4.